The van der Waals surface area contributed by atoms with Gasteiger partial charge in [0, 0.05) is 5.69 Å². The van der Waals surface area contributed by atoms with Gasteiger partial charge in [0.05, 0.1) is 12.1 Å². The number of phenolic OH excluding ortho intramolecular Hbond substituents is 1. The highest BCUT2D eigenvalue weighted by molar-refractivity contribution is 5.48. The van der Waals surface area contributed by atoms with E-state index in [4.69, 9.17) is 0 Å². The second kappa shape index (κ2) is 5.28. The Labute approximate surface area is 111 Å². The molecular weight excluding hydrogens is 245 g/mol. The zero-order valence-corrected chi connectivity index (χ0v) is 10.6. The van der Waals surface area contributed by atoms with Crippen LogP contribution < -0.4 is 5.32 Å². The largest absolute Gasteiger partial charge is 0.508 e. The van der Waals surface area contributed by atoms with Crippen molar-refractivity contribution in [3.8, 4) is 5.75 Å². The Kier molecular flexibility index (Phi) is 3.71. The summed E-state index contributed by atoms with van der Waals surface area (Å²) in [7, 11) is 0. The molecule has 2 aromatic rings. The van der Waals surface area contributed by atoms with Crippen LogP contribution in [0.4, 0.5) is 10.1 Å². The molecule has 0 bridgehead atoms. The van der Waals surface area contributed by atoms with Crippen LogP contribution in [0, 0.1) is 5.82 Å². The highest BCUT2D eigenvalue weighted by Crippen LogP contribution is 2.27. The van der Waals surface area contributed by atoms with Crippen LogP contribution in [0.3, 0.4) is 0 Å². The fourth-order valence-electron chi connectivity index (χ4n) is 1.92. The van der Waals surface area contributed by atoms with E-state index in [1.165, 1.54) is 12.1 Å². The molecule has 0 radical (unpaired) electrons. The third kappa shape index (κ3) is 3.03. The Hall–Kier alpha value is -2.07. The molecule has 0 aliphatic rings. The average molecular weight is 261 g/mol. The van der Waals surface area contributed by atoms with Crippen molar-refractivity contribution in [2.24, 2.45) is 0 Å². The second-order valence-corrected chi connectivity index (χ2v) is 4.67. The van der Waals surface area contributed by atoms with Crippen molar-refractivity contribution in [3.05, 3.63) is 59.9 Å². The van der Waals surface area contributed by atoms with Crippen LogP contribution in [-0.2, 0) is 5.54 Å². The first-order valence-electron chi connectivity index (χ1n) is 5.98. The lowest BCUT2D eigenvalue weighted by Gasteiger charge is -2.30. The first-order valence-corrected chi connectivity index (χ1v) is 5.98. The normalized spacial score (nSPS) is 13.8. The number of phenols is 1. The average Bonchev–Trinajstić information content (AvgIpc) is 2.39. The molecule has 0 aromatic heterocycles. The maximum atomic E-state index is 13.2. The Morgan fingerprint density at radius 3 is 2.42 bits per heavy atom. The molecule has 0 spiro atoms. The zero-order chi connectivity index (χ0) is 13.9. The van der Waals surface area contributed by atoms with Crippen LogP contribution in [0.1, 0.15) is 12.5 Å². The van der Waals surface area contributed by atoms with Gasteiger partial charge in [-0.1, -0.05) is 18.2 Å². The van der Waals surface area contributed by atoms with Crippen molar-refractivity contribution < 1.29 is 14.6 Å². The lowest BCUT2D eigenvalue weighted by molar-refractivity contribution is 0.224. The molecule has 1 unspecified atom stereocenters. The predicted octanol–water partition coefficient (Wildman–Crippen LogP) is 2.85. The Bertz CT molecular complexity index is 556. The number of hydrogen-bond acceptors (Lipinski definition) is 3. The summed E-state index contributed by atoms with van der Waals surface area (Å²) < 4.78 is 13.2. The minimum atomic E-state index is -0.749. The molecule has 3 N–H and O–H groups in total. The summed E-state index contributed by atoms with van der Waals surface area (Å²) in [4.78, 5) is 0. The molecule has 3 nitrogen and oxygen atoms in total. The summed E-state index contributed by atoms with van der Waals surface area (Å²) in [6.07, 6.45) is 0. The Balaban J connectivity index is 2.29. The van der Waals surface area contributed by atoms with Gasteiger partial charge >= 0.3 is 0 Å². The van der Waals surface area contributed by atoms with Crippen LogP contribution in [0.15, 0.2) is 48.5 Å². The molecule has 0 saturated carbocycles. The van der Waals surface area contributed by atoms with Gasteiger partial charge in [0.1, 0.15) is 11.6 Å². The van der Waals surface area contributed by atoms with E-state index >= 15 is 0 Å². The SMILES string of the molecule is CC(CO)(Nc1cccc(F)c1)c1ccc(O)cc1. The van der Waals surface area contributed by atoms with Crippen molar-refractivity contribution >= 4 is 5.69 Å². The first-order chi connectivity index (χ1) is 9.03. The molecule has 0 fully saturated rings. The van der Waals surface area contributed by atoms with Gasteiger partial charge < -0.3 is 15.5 Å². The summed E-state index contributed by atoms with van der Waals surface area (Å²) in [5.41, 5.74) is 0.642. The number of hydrogen-bond donors (Lipinski definition) is 3. The highest BCUT2D eigenvalue weighted by Gasteiger charge is 2.25. The number of halogens is 1. The van der Waals surface area contributed by atoms with E-state index < -0.39 is 5.54 Å². The molecule has 0 aliphatic carbocycles. The minimum absolute atomic E-state index is 0.158. The fourth-order valence-corrected chi connectivity index (χ4v) is 1.92. The van der Waals surface area contributed by atoms with Gasteiger partial charge in [0.2, 0.25) is 0 Å². The first kappa shape index (κ1) is 13.4. The summed E-state index contributed by atoms with van der Waals surface area (Å²) in [5, 5.41) is 22.0. The molecule has 0 amide bonds. The van der Waals surface area contributed by atoms with Crippen LogP contribution >= 0.6 is 0 Å². The predicted molar refractivity (Wildman–Crippen MR) is 72.6 cm³/mol. The summed E-state index contributed by atoms with van der Waals surface area (Å²) in [6, 6.07) is 12.6. The van der Waals surface area contributed by atoms with Crippen LogP contribution in [0.2, 0.25) is 0 Å². The van der Waals surface area contributed by atoms with E-state index in [2.05, 4.69) is 5.32 Å². The van der Waals surface area contributed by atoms with Crippen molar-refractivity contribution in [1.29, 1.82) is 0 Å². The molecular formula is C15H16FNO2. The van der Waals surface area contributed by atoms with Gasteiger partial charge in [-0.3, -0.25) is 0 Å². The second-order valence-electron chi connectivity index (χ2n) is 4.67. The molecule has 100 valence electrons. The lowest BCUT2D eigenvalue weighted by Crippen LogP contribution is -2.35. The van der Waals surface area contributed by atoms with Crippen LogP contribution in [0.25, 0.3) is 0 Å². The highest BCUT2D eigenvalue weighted by atomic mass is 19.1. The molecule has 0 heterocycles. The van der Waals surface area contributed by atoms with Gasteiger partial charge in [-0.2, -0.15) is 0 Å². The topological polar surface area (TPSA) is 52.5 Å². The number of benzene rings is 2. The molecule has 0 saturated heterocycles. The molecule has 4 heteroatoms. The summed E-state index contributed by atoms with van der Waals surface area (Å²) in [6.45, 7) is 1.65. The maximum absolute atomic E-state index is 13.2. The van der Waals surface area contributed by atoms with Crippen LogP contribution in [-0.4, -0.2) is 16.8 Å². The summed E-state index contributed by atoms with van der Waals surface area (Å²) >= 11 is 0. The van der Waals surface area contributed by atoms with Crippen molar-refractivity contribution in [2.75, 3.05) is 11.9 Å². The minimum Gasteiger partial charge on any atom is -0.508 e. The molecule has 2 rings (SSSR count). The van der Waals surface area contributed by atoms with E-state index in [9.17, 15) is 14.6 Å². The quantitative estimate of drug-likeness (QED) is 0.793. The number of rotatable bonds is 4. The maximum Gasteiger partial charge on any atom is 0.125 e. The van der Waals surface area contributed by atoms with Crippen LogP contribution in [0.5, 0.6) is 5.75 Å². The van der Waals surface area contributed by atoms with E-state index in [1.807, 2.05) is 6.92 Å². The smallest absolute Gasteiger partial charge is 0.125 e. The lowest BCUT2D eigenvalue weighted by atomic mass is 9.92. The van der Waals surface area contributed by atoms with Crippen molar-refractivity contribution in [1.82, 2.24) is 0 Å². The fraction of sp³-hybridized carbons (Fsp3) is 0.200. The van der Waals surface area contributed by atoms with E-state index in [0.717, 1.165) is 5.56 Å². The standard InChI is InChI=1S/C15H16FNO2/c1-15(10-18,11-5-7-14(19)8-6-11)17-13-4-2-3-12(16)9-13/h2-9,17-19H,10H2,1H3. The van der Waals surface area contributed by atoms with E-state index in [-0.39, 0.29) is 18.2 Å². The zero-order valence-electron chi connectivity index (χ0n) is 10.6. The van der Waals surface area contributed by atoms with Gasteiger partial charge in [-0.15, -0.1) is 0 Å². The van der Waals surface area contributed by atoms with Gasteiger partial charge in [-0.05, 0) is 42.8 Å². The number of aliphatic hydroxyl groups is 1. The third-order valence-electron chi connectivity index (χ3n) is 3.07. The Morgan fingerprint density at radius 2 is 1.84 bits per heavy atom. The third-order valence-corrected chi connectivity index (χ3v) is 3.07. The molecule has 1 atom stereocenters. The van der Waals surface area contributed by atoms with Crippen molar-refractivity contribution in [3.63, 3.8) is 0 Å². The Morgan fingerprint density at radius 1 is 1.16 bits per heavy atom. The molecule has 0 aliphatic heterocycles. The number of anilines is 1. The van der Waals surface area contributed by atoms with E-state index in [0.29, 0.717) is 5.69 Å². The van der Waals surface area contributed by atoms with E-state index in [1.54, 1.807) is 36.4 Å². The van der Waals surface area contributed by atoms with Crippen molar-refractivity contribution in [2.45, 2.75) is 12.5 Å². The van der Waals surface area contributed by atoms with Gasteiger partial charge in [0.25, 0.3) is 0 Å². The number of aliphatic hydroxyl groups excluding tert-OH is 1. The number of aromatic hydroxyl groups is 1. The summed E-state index contributed by atoms with van der Waals surface area (Å²) in [5.74, 6) is -0.175. The molecule has 19 heavy (non-hydrogen) atoms. The monoisotopic (exact) mass is 261 g/mol. The van der Waals surface area contributed by atoms with Gasteiger partial charge in [0.15, 0.2) is 0 Å². The van der Waals surface area contributed by atoms with Gasteiger partial charge in [-0.25, -0.2) is 4.39 Å². The number of nitrogens with one attached hydrogen (secondary N) is 1. The molecule has 2 aromatic carbocycles.